The summed E-state index contributed by atoms with van der Waals surface area (Å²) >= 11 is 3.30. The van der Waals surface area contributed by atoms with Crippen LogP contribution in [0.4, 0.5) is 10.1 Å². The third-order valence-corrected chi connectivity index (χ3v) is 3.29. The Morgan fingerprint density at radius 2 is 1.95 bits per heavy atom. The summed E-state index contributed by atoms with van der Waals surface area (Å²) in [4.78, 5) is 11.7. The molecular weight excluding hydrogens is 341 g/mol. The highest BCUT2D eigenvalue weighted by molar-refractivity contribution is 9.10. The molecule has 21 heavy (non-hydrogen) atoms. The topological polar surface area (TPSA) is 58.6 Å². The molecule has 0 saturated carbocycles. The van der Waals surface area contributed by atoms with Crippen molar-refractivity contribution in [2.24, 2.45) is 0 Å². The van der Waals surface area contributed by atoms with Crippen molar-refractivity contribution in [2.45, 2.75) is 6.61 Å². The van der Waals surface area contributed by atoms with E-state index in [1.807, 2.05) is 0 Å². The maximum absolute atomic E-state index is 12.7. The summed E-state index contributed by atoms with van der Waals surface area (Å²) in [5.74, 6) is -0.210. The van der Waals surface area contributed by atoms with Crippen LogP contribution in [0.2, 0.25) is 0 Å². The third-order valence-electron chi connectivity index (χ3n) is 2.67. The van der Waals surface area contributed by atoms with E-state index in [2.05, 4.69) is 21.2 Å². The van der Waals surface area contributed by atoms with Gasteiger partial charge in [-0.1, -0.05) is 6.07 Å². The number of carbonyl (C=O) groups is 1. The molecule has 2 aromatic rings. The van der Waals surface area contributed by atoms with Crippen molar-refractivity contribution >= 4 is 27.5 Å². The Kier molecular flexibility index (Phi) is 5.30. The first-order valence-electron chi connectivity index (χ1n) is 6.16. The molecule has 2 aromatic carbocycles. The van der Waals surface area contributed by atoms with E-state index in [9.17, 15) is 9.18 Å². The molecule has 0 aromatic heterocycles. The van der Waals surface area contributed by atoms with Crippen LogP contribution in [-0.2, 0) is 11.4 Å². The molecule has 0 fully saturated rings. The van der Waals surface area contributed by atoms with E-state index in [1.165, 1.54) is 24.3 Å². The molecule has 2 N–H and O–H groups in total. The zero-order valence-electron chi connectivity index (χ0n) is 11.0. The highest BCUT2D eigenvalue weighted by Gasteiger charge is 2.07. The summed E-state index contributed by atoms with van der Waals surface area (Å²) in [7, 11) is 0. The van der Waals surface area contributed by atoms with Crippen molar-refractivity contribution in [3.05, 3.63) is 58.3 Å². The van der Waals surface area contributed by atoms with Gasteiger partial charge in [-0.05, 0) is 57.9 Å². The molecular formula is C15H13BrFNO3. The lowest BCUT2D eigenvalue weighted by Crippen LogP contribution is -2.20. The first-order valence-corrected chi connectivity index (χ1v) is 6.95. The average molecular weight is 354 g/mol. The molecule has 0 aliphatic heterocycles. The zero-order valence-corrected chi connectivity index (χ0v) is 12.6. The first kappa shape index (κ1) is 15.5. The van der Waals surface area contributed by atoms with E-state index < -0.39 is 0 Å². The van der Waals surface area contributed by atoms with Crippen molar-refractivity contribution in [2.75, 3.05) is 11.9 Å². The predicted octanol–water partition coefficient (Wildman–Crippen LogP) is 3.10. The van der Waals surface area contributed by atoms with Crippen LogP contribution >= 0.6 is 15.9 Å². The van der Waals surface area contributed by atoms with Gasteiger partial charge in [-0.3, -0.25) is 4.79 Å². The second kappa shape index (κ2) is 7.19. The number of halogens is 2. The maximum Gasteiger partial charge on any atom is 0.262 e. The van der Waals surface area contributed by atoms with Crippen LogP contribution in [0.1, 0.15) is 5.56 Å². The third kappa shape index (κ3) is 4.54. The summed E-state index contributed by atoms with van der Waals surface area (Å²) in [5.41, 5.74) is 1.24. The first-order chi connectivity index (χ1) is 10.1. The van der Waals surface area contributed by atoms with E-state index in [-0.39, 0.29) is 24.9 Å². The summed E-state index contributed by atoms with van der Waals surface area (Å²) in [6.45, 7) is -0.238. The number of ether oxygens (including phenoxy) is 1. The largest absolute Gasteiger partial charge is 0.483 e. The molecule has 0 aliphatic rings. The molecule has 6 heteroatoms. The highest BCUT2D eigenvalue weighted by atomic mass is 79.9. The van der Waals surface area contributed by atoms with Gasteiger partial charge in [0, 0.05) is 5.69 Å². The van der Waals surface area contributed by atoms with Crippen LogP contribution in [-0.4, -0.2) is 17.6 Å². The van der Waals surface area contributed by atoms with E-state index in [0.717, 1.165) is 5.56 Å². The molecule has 0 atom stereocenters. The fraction of sp³-hybridized carbons (Fsp3) is 0.133. The molecule has 2 rings (SSSR count). The number of hydrogen-bond donors (Lipinski definition) is 2. The van der Waals surface area contributed by atoms with Crippen molar-refractivity contribution < 1.29 is 19.0 Å². The molecule has 0 spiro atoms. The normalized spacial score (nSPS) is 10.2. The molecule has 1 amide bonds. The van der Waals surface area contributed by atoms with E-state index in [4.69, 9.17) is 9.84 Å². The number of anilines is 1. The molecule has 0 saturated heterocycles. The van der Waals surface area contributed by atoms with Gasteiger partial charge in [0.1, 0.15) is 11.6 Å². The quantitative estimate of drug-likeness (QED) is 0.868. The number of rotatable bonds is 5. The Balaban J connectivity index is 1.90. The Bertz CT molecular complexity index is 631. The monoisotopic (exact) mass is 353 g/mol. The van der Waals surface area contributed by atoms with Crippen molar-refractivity contribution in [3.8, 4) is 5.75 Å². The van der Waals surface area contributed by atoms with Crippen LogP contribution < -0.4 is 10.1 Å². The van der Waals surface area contributed by atoms with Gasteiger partial charge < -0.3 is 15.2 Å². The molecule has 0 aliphatic carbocycles. The number of benzene rings is 2. The second-order valence-corrected chi connectivity index (χ2v) is 5.12. The minimum atomic E-state index is -0.364. The number of aliphatic hydroxyl groups is 1. The average Bonchev–Trinajstić information content (AvgIpc) is 2.48. The zero-order chi connectivity index (χ0) is 15.2. The Hall–Kier alpha value is -1.92. The molecule has 0 unspecified atom stereocenters. The van der Waals surface area contributed by atoms with E-state index >= 15 is 0 Å². The lowest BCUT2D eigenvalue weighted by molar-refractivity contribution is -0.118. The summed E-state index contributed by atoms with van der Waals surface area (Å²) in [6.07, 6.45) is 0. The van der Waals surface area contributed by atoms with Gasteiger partial charge in [0.2, 0.25) is 0 Å². The van der Waals surface area contributed by atoms with E-state index in [1.54, 1.807) is 18.2 Å². The van der Waals surface area contributed by atoms with Crippen molar-refractivity contribution in [3.63, 3.8) is 0 Å². The standard InChI is InChI=1S/C15H13BrFNO3/c16-13-7-10(8-19)1-6-14(13)21-9-15(20)18-12-4-2-11(17)3-5-12/h1-7,19H,8-9H2,(H,18,20). The molecule has 0 radical (unpaired) electrons. The predicted molar refractivity (Wildman–Crippen MR) is 80.6 cm³/mol. The van der Waals surface area contributed by atoms with Crippen LogP contribution in [0.5, 0.6) is 5.75 Å². The number of amides is 1. The Morgan fingerprint density at radius 1 is 1.24 bits per heavy atom. The number of hydrogen-bond acceptors (Lipinski definition) is 3. The summed E-state index contributed by atoms with van der Waals surface area (Å²) in [6, 6.07) is 10.6. The molecule has 0 bridgehead atoms. The van der Waals surface area contributed by atoms with Gasteiger partial charge in [-0.2, -0.15) is 0 Å². The fourth-order valence-corrected chi connectivity index (χ4v) is 2.17. The molecule has 110 valence electrons. The van der Waals surface area contributed by atoms with Gasteiger partial charge >= 0.3 is 0 Å². The smallest absolute Gasteiger partial charge is 0.262 e. The van der Waals surface area contributed by atoms with Gasteiger partial charge in [0.15, 0.2) is 6.61 Å². The fourth-order valence-electron chi connectivity index (χ4n) is 1.63. The lowest BCUT2D eigenvalue weighted by Gasteiger charge is -2.09. The van der Waals surface area contributed by atoms with Gasteiger partial charge in [0.25, 0.3) is 5.91 Å². The van der Waals surface area contributed by atoms with E-state index in [0.29, 0.717) is 15.9 Å². The Morgan fingerprint density at radius 3 is 2.57 bits per heavy atom. The lowest BCUT2D eigenvalue weighted by atomic mass is 10.2. The van der Waals surface area contributed by atoms with Crippen molar-refractivity contribution in [1.82, 2.24) is 0 Å². The maximum atomic E-state index is 12.7. The van der Waals surface area contributed by atoms with Gasteiger partial charge in [-0.25, -0.2) is 4.39 Å². The second-order valence-electron chi connectivity index (χ2n) is 4.27. The number of nitrogens with one attached hydrogen (secondary N) is 1. The van der Waals surface area contributed by atoms with Crippen LogP contribution in [0.25, 0.3) is 0 Å². The molecule has 4 nitrogen and oxygen atoms in total. The van der Waals surface area contributed by atoms with Crippen molar-refractivity contribution in [1.29, 1.82) is 0 Å². The minimum absolute atomic E-state index is 0.0655. The molecule has 0 heterocycles. The Labute approximate surface area is 129 Å². The number of carbonyl (C=O) groups excluding carboxylic acids is 1. The summed E-state index contributed by atoms with van der Waals surface area (Å²) in [5, 5.41) is 11.6. The minimum Gasteiger partial charge on any atom is -0.483 e. The number of aliphatic hydroxyl groups excluding tert-OH is 1. The van der Waals surface area contributed by atoms with Gasteiger partial charge in [0.05, 0.1) is 11.1 Å². The SMILES string of the molecule is O=C(COc1ccc(CO)cc1Br)Nc1ccc(F)cc1. The highest BCUT2D eigenvalue weighted by Crippen LogP contribution is 2.26. The summed E-state index contributed by atoms with van der Waals surface area (Å²) < 4.78 is 18.8. The van der Waals surface area contributed by atoms with Crippen LogP contribution in [0, 0.1) is 5.82 Å². The van der Waals surface area contributed by atoms with Crippen LogP contribution in [0.15, 0.2) is 46.9 Å². The van der Waals surface area contributed by atoms with Crippen LogP contribution in [0.3, 0.4) is 0 Å². The van der Waals surface area contributed by atoms with Gasteiger partial charge in [-0.15, -0.1) is 0 Å².